The summed E-state index contributed by atoms with van der Waals surface area (Å²) >= 11 is 0. The molecule has 3 nitrogen and oxygen atoms in total. The van der Waals surface area contributed by atoms with Crippen molar-refractivity contribution in [3.8, 4) is 0 Å². The third-order valence-electron chi connectivity index (χ3n) is 0.717. The van der Waals surface area contributed by atoms with Crippen molar-refractivity contribution < 1.29 is 0 Å². The van der Waals surface area contributed by atoms with Gasteiger partial charge in [-0.05, 0) is 6.92 Å². The maximum atomic E-state index is 3.73. The van der Waals surface area contributed by atoms with Crippen LogP contribution in [0.15, 0.2) is 6.20 Å². The van der Waals surface area contributed by atoms with Crippen LogP contribution < -0.4 is 0 Å². The van der Waals surface area contributed by atoms with Crippen LogP contribution in [0.5, 0.6) is 0 Å². The Morgan fingerprint density at radius 1 is 1.18 bits per heavy atom. The highest BCUT2D eigenvalue weighted by molar-refractivity contribution is 4.85. The number of hydrogen-bond acceptors (Lipinski definition) is 2. The number of rotatable bonds is 0. The van der Waals surface area contributed by atoms with E-state index in [1.165, 1.54) is 0 Å². The molecule has 1 aromatic rings. The van der Waals surface area contributed by atoms with Gasteiger partial charge in [-0.3, -0.25) is 4.68 Å². The first kappa shape index (κ1) is 12.8. The maximum Gasteiger partial charge on any atom is 0.0796 e. The second-order valence-corrected chi connectivity index (χ2v) is 1.53. The van der Waals surface area contributed by atoms with Gasteiger partial charge in [0.2, 0.25) is 0 Å². The van der Waals surface area contributed by atoms with E-state index in [2.05, 4.69) is 10.3 Å². The van der Waals surface area contributed by atoms with E-state index in [0.29, 0.717) is 0 Å². The molecule has 0 bridgehead atoms. The Kier molecular flexibility index (Phi) is 10.6. The van der Waals surface area contributed by atoms with E-state index in [4.69, 9.17) is 0 Å². The molecule has 0 N–H and O–H groups in total. The van der Waals surface area contributed by atoms with Crippen LogP contribution in [0, 0.1) is 6.92 Å². The van der Waals surface area contributed by atoms with E-state index in [1.54, 1.807) is 4.68 Å². The lowest BCUT2D eigenvalue weighted by atomic mass is 10.6. The van der Waals surface area contributed by atoms with Gasteiger partial charge in [-0.15, -0.1) is 5.10 Å². The zero-order chi connectivity index (χ0) is 9.28. The zero-order valence-electron chi connectivity index (χ0n) is 8.42. The van der Waals surface area contributed by atoms with Gasteiger partial charge in [-0.1, -0.05) is 32.9 Å². The molecule has 0 aliphatic heterocycles. The SMILES string of the molecule is CC.CC.Cc1cn(C)nn1. The van der Waals surface area contributed by atoms with E-state index in [9.17, 15) is 0 Å². The monoisotopic (exact) mass is 157 g/mol. The summed E-state index contributed by atoms with van der Waals surface area (Å²) in [5.41, 5.74) is 0.961. The molecule has 0 aromatic carbocycles. The Labute approximate surface area is 69.4 Å². The van der Waals surface area contributed by atoms with Crippen molar-refractivity contribution in [2.45, 2.75) is 34.6 Å². The summed E-state index contributed by atoms with van der Waals surface area (Å²) in [7, 11) is 1.85. The van der Waals surface area contributed by atoms with Crippen LogP contribution in [-0.2, 0) is 7.05 Å². The van der Waals surface area contributed by atoms with Gasteiger partial charge in [-0.25, -0.2) is 0 Å². The van der Waals surface area contributed by atoms with Crippen molar-refractivity contribution in [3.63, 3.8) is 0 Å². The van der Waals surface area contributed by atoms with E-state index in [-0.39, 0.29) is 0 Å². The lowest BCUT2D eigenvalue weighted by Crippen LogP contribution is -1.85. The molecule has 1 heterocycles. The van der Waals surface area contributed by atoms with Gasteiger partial charge in [0, 0.05) is 13.2 Å². The lowest BCUT2D eigenvalue weighted by molar-refractivity contribution is 0.714. The second-order valence-electron chi connectivity index (χ2n) is 1.53. The summed E-state index contributed by atoms with van der Waals surface area (Å²) in [6, 6.07) is 0. The van der Waals surface area contributed by atoms with Gasteiger partial charge in [0.15, 0.2) is 0 Å². The molecule has 3 heteroatoms. The highest BCUT2D eigenvalue weighted by Crippen LogP contribution is 1.82. The van der Waals surface area contributed by atoms with Crippen molar-refractivity contribution in [2.24, 2.45) is 7.05 Å². The lowest BCUT2D eigenvalue weighted by Gasteiger charge is -1.75. The van der Waals surface area contributed by atoms with Crippen molar-refractivity contribution in [1.29, 1.82) is 0 Å². The Morgan fingerprint density at radius 3 is 1.73 bits per heavy atom. The van der Waals surface area contributed by atoms with Gasteiger partial charge in [-0.2, -0.15) is 0 Å². The third kappa shape index (κ3) is 7.03. The van der Waals surface area contributed by atoms with Crippen molar-refractivity contribution in [1.82, 2.24) is 15.0 Å². The summed E-state index contributed by atoms with van der Waals surface area (Å²) in [6.07, 6.45) is 1.86. The third-order valence-corrected chi connectivity index (χ3v) is 0.717. The average molecular weight is 157 g/mol. The minimum atomic E-state index is 0.961. The number of aryl methyl sites for hydroxylation is 2. The van der Waals surface area contributed by atoms with Gasteiger partial charge in [0.05, 0.1) is 5.69 Å². The summed E-state index contributed by atoms with van der Waals surface area (Å²) in [5, 5.41) is 7.41. The maximum absolute atomic E-state index is 3.73. The molecule has 1 aromatic heterocycles. The zero-order valence-corrected chi connectivity index (χ0v) is 8.42. The van der Waals surface area contributed by atoms with Crippen LogP contribution in [0.1, 0.15) is 33.4 Å². The molecule has 1 rings (SSSR count). The molecule has 0 spiro atoms. The molecule has 0 radical (unpaired) electrons. The van der Waals surface area contributed by atoms with Crippen molar-refractivity contribution in [3.05, 3.63) is 11.9 Å². The highest BCUT2D eigenvalue weighted by atomic mass is 15.4. The molecular formula is C8H19N3. The topological polar surface area (TPSA) is 30.7 Å². The van der Waals surface area contributed by atoms with E-state index in [1.807, 2.05) is 47.9 Å². The fourth-order valence-corrected chi connectivity index (χ4v) is 0.463. The van der Waals surface area contributed by atoms with Crippen LogP contribution in [-0.4, -0.2) is 15.0 Å². The van der Waals surface area contributed by atoms with Crippen LogP contribution in [0.4, 0.5) is 0 Å². The van der Waals surface area contributed by atoms with Crippen molar-refractivity contribution >= 4 is 0 Å². The molecule has 0 aliphatic carbocycles. The Balaban J connectivity index is 0. The Bertz CT molecular complexity index is 142. The molecule has 11 heavy (non-hydrogen) atoms. The van der Waals surface area contributed by atoms with Gasteiger partial charge in [0.1, 0.15) is 0 Å². The van der Waals surface area contributed by atoms with E-state index < -0.39 is 0 Å². The van der Waals surface area contributed by atoms with Crippen LogP contribution in [0.2, 0.25) is 0 Å². The van der Waals surface area contributed by atoms with E-state index in [0.717, 1.165) is 5.69 Å². The molecule has 0 fully saturated rings. The quantitative estimate of drug-likeness (QED) is 0.578. The molecular weight excluding hydrogens is 138 g/mol. The average Bonchev–Trinajstić information content (AvgIpc) is 2.43. The summed E-state index contributed by atoms with van der Waals surface area (Å²) in [5.74, 6) is 0. The summed E-state index contributed by atoms with van der Waals surface area (Å²) in [4.78, 5) is 0. The normalized spacial score (nSPS) is 7.09. The fourth-order valence-electron chi connectivity index (χ4n) is 0.463. The summed E-state index contributed by atoms with van der Waals surface area (Å²) in [6.45, 7) is 9.91. The largest absolute Gasteiger partial charge is 0.255 e. The Hall–Kier alpha value is -0.860. The molecule has 0 saturated heterocycles. The van der Waals surface area contributed by atoms with Gasteiger partial charge >= 0.3 is 0 Å². The molecule has 0 amide bonds. The molecule has 0 aliphatic rings. The smallest absolute Gasteiger partial charge is 0.0796 e. The van der Waals surface area contributed by atoms with E-state index >= 15 is 0 Å². The number of nitrogens with zero attached hydrogens (tertiary/aromatic N) is 3. The summed E-state index contributed by atoms with van der Waals surface area (Å²) < 4.78 is 1.68. The Morgan fingerprint density at radius 2 is 1.64 bits per heavy atom. The molecule has 0 unspecified atom stereocenters. The van der Waals surface area contributed by atoms with Crippen LogP contribution in [0.25, 0.3) is 0 Å². The fraction of sp³-hybridized carbons (Fsp3) is 0.750. The standard InChI is InChI=1S/C4H7N3.2C2H6/c1-4-3-7(2)6-5-4;2*1-2/h3H,1-2H3;2*1-2H3. The molecule has 0 atom stereocenters. The first-order valence-corrected chi connectivity index (χ1v) is 4.12. The van der Waals surface area contributed by atoms with Gasteiger partial charge in [0.25, 0.3) is 0 Å². The minimum Gasteiger partial charge on any atom is -0.255 e. The minimum absolute atomic E-state index is 0.961. The van der Waals surface area contributed by atoms with Crippen LogP contribution >= 0.6 is 0 Å². The highest BCUT2D eigenvalue weighted by Gasteiger charge is 1.83. The molecule has 0 saturated carbocycles. The number of hydrogen-bond donors (Lipinski definition) is 0. The first-order valence-electron chi connectivity index (χ1n) is 4.12. The molecule has 66 valence electrons. The predicted molar refractivity (Wildman–Crippen MR) is 48.4 cm³/mol. The number of aromatic nitrogens is 3. The van der Waals surface area contributed by atoms with Gasteiger partial charge < -0.3 is 0 Å². The van der Waals surface area contributed by atoms with Crippen molar-refractivity contribution in [2.75, 3.05) is 0 Å². The second kappa shape index (κ2) is 9.14. The predicted octanol–water partition coefficient (Wildman–Crippen LogP) is 2.18. The first-order chi connectivity index (χ1) is 5.29. The van der Waals surface area contributed by atoms with Crippen LogP contribution in [0.3, 0.4) is 0 Å².